The van der Waals surface area contributed by atoms with Crippen LogP contribution in [0.3, 0.4) is 0 Å². The van der Waals surface area contributed by atoms with Crippen LogP contribution in [0.15, 0.2) is 30.3 Å². The van der Waals surface area contributed by atoms with Crippen LogP contribution in [0.2, 0.25) is 5.02 Å². The van der Waals surface area contributed by atoms with E-state index in [0.717, 1.165) is 0 Å². The van der Waals surface area contributed by atoms with E-state index in [2.05, 4.69) is 4.98 Å². The minimum absolute atomic E-state index is 0.0580. The Hall–Kier alpha value is -2.38. The molecule has 1 heterocycles. The molecule has 1 aromatic heterocycles. The van der Waals surface area contributed by atoms with Crippen LogP contribution in [-0.2, 0) is 0 Å². The highest BCUT2D eigenvalue weighted by atomic mass is 35.5. The molecule has 19 heavy (non-hydrogen) atoms. The van der Waals surface area contributed by atoms with Crippen LogP contribution in [0.25, 0.3) is 11.3 Å². The van der Waals surface area contributed by atoms with E-state index in [1.807, 2.05) is 6.07 Å². The third-order valence-electron chi connectivity index (χ3n) is 2.62. The number of aromatic nitrogens is 1. The maximum atomic E-state index is 11.2. The summed E-state index contributed by atoms with van der Waals surface area (Å²) in [6.07, 6.45) is 0. The van der Waals surface area contributed by atoms with Gasteiger partial charge in [0.1, 0.15) is 0 Å². The highest BCUT2D eigenvalue weighted by Gasteiger charge is 2.16. The van der Waals surface area contributed by atoms with Crippen LogP contribution in [0.4, 0.5) is 0 Å². The van der Waals surface area contributed by atoms with E-state index in [-0.39, 0.29) is 11.3 Å². The lowest BCUT2D eigenvalue weighted by Gasteiger charge is -2.08. The molecule has 0 aliphatic heterocycles. The van der Waals surface area contributed by atoms with Gasteiger partial charge in [-0.1, -0.05) is 11.6 Å². The van der Waals surface area contributed by atoms with Gasteiger partial charge in [-0.15, -0.1) is 0 Å². The lowest BCUT2D eigenvalue weighted by molar-refractivity contribution is 0.0697. The summed E-state index contributed by atoms with van der Waals surface area (Å²) >= 11 is 6.07. The lowest BCUT2D eigenvalue weighted by atomic mass is 10.0. The van der Waals surface area contributed by atoms with E-state index < -0.39 is 5.97 Å². The zero-order chi connectivity index (χ0) is 14.0. The number of carbonyl (C=O) groups is 1. The number of pyridine rings is 1. The molecule has 0 unspecified atom stereocenters. The van der Waals surface area contributed by atoms with Gasteiger partial charge in [0, 0.05) is 11.3 Å². The van der Waals surface area contributed by atoms with Crippen LogP contribution >= 0.6 is 11.6 Å². The van der Waals surface area contributed by atoms with Crippen LogP contribution < -0.4 is 0 Å². The summed E-state index contributed by atoms with van der Waals surface area (Å²) in [5, 5.41) is 18.5. The standard InChI is InChI=1S/C14H9ClN2O2/c1-8-2-4-10(14(18)19)13(17-8)11-6-9(7-16)3-5-12(11)15/h2-6H,1H3,(H,18,19). The van der Waals surface area contributed by atoms with Gasteiger partial charge < -0.3 is 5.11 Å². The Bertz CT molecular complexity index is 705. The van der Waals surface area contributed by atoms with Gasteiger partial charge in [-0.3, -0.25) is 4.98 Å². The SMILES string of the molecule is Cc1ccc(C(=O)O)c(-c2cc(C#N)ccc2Cl)n1. The molecule has 0 bridgehead atoms. The summed E-state index contributed by atoms with van der Waals surface area (Å²) in [6.45, 7) is 1.76. The largest absolute Gasteiger partial charge is 0.478 e. The summed E-state index contributed by atoms with van der Waals surface area (Å²) < 4.78 is 0. The van der Waals surface area contributed by atoms with Gasteiger partial charge in [0.2, 0.25) is 0 Å². The molecule has 1 aromatic carbocycles. The zero-order valence-electron chi connectivity index (χ0n) is 10.0. The number of halogens is 1. The van der Waals surface area contributed by atoms with Crippen molar-refractivity contribution < 1.29 is 9.90 Å². The number of hydrogen-bond acceptors (Lipinski definition) is 3. The van der Waals surface area contributed by atoms with E-state index in [4.69, 9.17) is 16.9 Å². The first kappa shape index (κ1) is 13.1. The van der Waals surface area contributed by atoms with Gasteiger partial charge in [0.25, 0.3) is 0 Å². The fourth-order valence-corrected chi connectivity index (χ4v) is 1.92. The Balaban J connectivity index is 2.74. The second kappa shape index (κ2) is 5.09. The van der Waals surface area contributed by atoms with Crippen molar-refractivity contribution in [3.05, 3.63) is 52.2 Å². The molecule has 94 valence electrons. The summed E-state index contributed by atoms with van der Waals surface area (Å²) in [7, 11) is 0. The van der Waals surface area contributed by atoms with E-state index in [1.165, 1.54) is 12.1 Å². The molecule has 0 aliphatic carbocycles. The molecule has 0 saturated carbocycles. The highest BCUT2D eigenvalue weighted by Crippen LogP contribution is 2.30. The molecule has 1 N–H and O–H groups in total. The summed E-state index contributed by atoms with van der Waals surface area (Å²) in [5.74, 6) is -1.08. The Morgan fingerprint density at radius 1 is 1.37 bits per heavy atom. The number of carboxylic acids is 1. The van der Waals surface area contributed by atoms with E-state index in [9.17, 15) is 9.90 Å². The molecule has 4 nitrogen and oxygen atoms in total. The predicted octanol–water partition coefficient (Wildman–Crippen LogP) is 3.28. The number of rotatable bonds is 2. The topological polar surface area (TPSA) is 74.0 Å². The molecule has 0 amide bonds. The quantitative estimate of drug-likeness (QED) is 0.910. The number of aryl methyl sites for hydroxylation is 1. The zero-order valence-corrected chi connectivity index (χ0v) is 10.8. The number of nitriles is 1. The third-order valence-corrected chi connectivity index (χ3v) is 2.95. The predicted molar refractivity (Wildman–Crippen MR) is 71.1 cm³/mol. The Morgan fingerprint density at radius 2 is 2.11 bits per heavy atom. The molecular formula is C14H9ClN2O2. The second-order valence-electron chi connectivity index (χ2n) is 3.96. The van der Waals surface area contributed by atoms with Crippen LogP contribution in [-0.4, -0.2) is 16.1 Å². The second-order valence-corrected chi connectivity index (χ2v) is 4.37. The molecule has 0 spiro atoms. The summed E-state index contributed by atoms with van der Waals surface area (Å²) in [6, 6.07) is 9.77. The maximum Gasteiger partial charge on any atom is 0.337 e. The Morgan fingerprint density at radius 3 is 2.74 bits per heavy atom. The smallest absolute Gasteiger partial charge is 0.337 e. The van der Waals surface area contributed by atoms with Gasteiger partial charge >= 0.3 is 5.97 Å². The minimum Gasteiger partial charge on any atom is -0.478 e. The molecule has 0 atom stereocenters. The Labute approximate surface area is 114 Å². The molecule has 0 radical (unpaired) electrons. The monoisotopic (exact) mass is 272 g/mol. The molecule has 5 heteroatoms. The molecule has 2 aromatic rings. The first-order valence-electron chi connectivity index (χ1n) is 5.44. The van der Waals surface area contributed by atoms with E-state index >= 15 is 0 Å². The highest BCUT2D eigenvalue weighted by molar-refractivity contribution is 6.33. The number of carboxylic acid groups (broad SMARTS) is 1. The van der Waals surface area contributed by atoms with E-state index in [1.54, 1.807) is 25.1 Å². The van der Waals surface area contributed by atoms with Crippen molar-refractivity contribution in [3.8, 4) is 17.3 Å². The Kier molecular flexibility index (Phi) is 3.50. The first-order chi connectivity index (χ1) is 9.02. The molecule has 2 rings (SSSR count). The normalized spacial score (nSPS) is 9.95. The average molecular weight is 273 g/mol. The molecular weight excluding hydrogens is 264 g/mol. The van der Waals surface area contributed by atoms with Crippen molar-refractivity contribution in [2.75, 3.05) is 0 Å². The fraction of sp³-hybridized carbons (Fsp3) is 0.0714. The number of aromatic carboxylic acids is 1. The van der Waals surface area contributed by atoms with Crippen molar-refractivity contribution in [1.82, 2.24) is 4.98 Å². The fourth-order valence-electron chi connectivity index (χ4n) is 1.71. The third kappa shape index (κ3) is 2.56. The van der Waals surface area contributed by atoms with Gasteiger partial charge in [-0.05, 0) is 37.3 Å². The molecule has 0 aliphatic rings. The van der Waals surface area contributed by atoms with Crippen molar-refractivity contribution in [3.63, 3.8) is 0 Å². The van der Waals surface area contributed by atoms with Crippen molar-refractivity contribution in [1.29, 1.82) is 5.26 Å². The summed E-state index contributed by atoms with van der Waals surface area (Å²) in [4.78, 5) is 15.5. The van der Waals surface area contributed by atoms with Crippen molar-refractivity contribution in [2.24, 2.45) is 0 Å². The van der Waals surface area contributed by atoms with Gasteiger partial charge in [-0.25, -0.2) is 4.79 Å². The minimum atomic E-state index is -1.08. The lowest BCUT2D eigenvalue weighted by Crippen LogP contribution is -2.03. The van der Waals surface area contributed by atoms with Crippen molar-refractivity contribution >= 4 is 17.6 Å². The maximum absolute atomic E-state index is 11.2. The van der Waals surface area contributed by atoms with Gasteiger partial charge in [0.15, 0.2) is 0 Å². The number of benzene rings is 1. The molecule has 0 fully saturated rings. The summed E-state index contributed by atoms with van der Waals surface area (Å²) in [5.41, 5.74) is 1.86. The molecule has 0 saturated heterocycles. The van der Waals surface area contributed by atoms with Crippen LogP contribution in [0, 0.1) is 18.3 Å². The first-order valence-corrected chi connectivity index (χ1v) is 5.81. The van der Waals surface area contributed by atoms with Crippen molar-refractivity contribution in [2.45, 2.75) is 6.92 Å². The average Bonchev–Trinajstić information content (AvgIpc) is 2.38. The van der Waals surface area contributed by atoms with Crippen LogP contribution in [0.1, 0.15) is 21.6 Å². The van der Waals surface area contributed by atoms with Gasteiger partial charge in [0.05, 0.1) is 27.9 Å². The number of nitrogens with zero attached hydrogens (tertiary/aromatic N) is 2. The van der Waals surface area contributed by atoms with Crippen LogP contribution in [0.5, 0.6) is 0 Å². The van der Waals surface area contributed by atoms with Gasteiger partial charge in [-0.2, -0.15) is 5.26 Å². The van der Waals surface area contributed by atoms with E-state index in [0.29, 0.717) is 21.8 Å². The number of hydrogen-bond donors (Lipinski definition) is 1.